The quantitative estimate of drug-likeness (QED) is 0.542. The Kier molecular flexibility index (Phi) is 4.89. The van der Waals surface area contributed by atoms with E-state index in [1.165, 1.54) is 0 Å². The molecule has 1 aliphatic heterocycles. The van der Waals surface area contributed by atoms with E-state index < -0.39 is 11.9 Å². The molecule has 162 valence electrons. The van der Waals surface area contributed by atoms with Crippen molar-refractivity contribution < 1.29 is 9.59 Å². The van der Waals surface area contributed by atoms with Crippen molar-refractivity contribution in [2.45, 2.75) is 45.7 Å². The number of fused-ring (bicyclic) bond motifs is 4. The minimum atomic E-state index is -0.614. The Morgan fingerprint density at radius 3 is 2.56 bits per heavy atom. The summed E-state index contributed by atoms with van der Waals surface area (Å²) in [7, 11) is 0. The molecule has 1 aliphatic rings. The van der Waals surface area contributed by atoms with Gasteiger partial charge in [0.1, 0.15) is 6.04 Å². The molecule has 7 nitrogen and oxygen atoms in total. The van der Waals surface area contributed by atoms with Gasteiger partial charge < -0.3 is 10.6 Å². The number of benzene rings is 2. The summed E-state index contributed by atoms with van der Waals surface area (Å²) in [4.78, 5) is 31.7. The molecule has 2 aromatic heterocycles. The highest BCUT2D eigenvalue weighted by Gasteiger charge is 2.33. The predicted octanol–water partition coefficient (Wildman–Crippen LogP) is 2.87. The molecule has 32 heavy (non-hydrogen) atoms. The number of amides is 2. The SMILES string of the molecule is Cc1nc2c3ccccc3nn2c(C)c1CCC(=O)N1Cc2ccccc2CC1C(N)=O. The Hall–Kier alpha value is -3.74. The first-order chi connectivity index (χ1) is 15.4. The van der Waals surface area contributed by atoms with Gasteiger partial charge in [-0.25, -0.2) is 9.50 Å². The second-order valence-corrected chi connectivity index (χ2v) is 8.43. The zero-order valence-electron chi connectivity index (χ0n) is 18.2. The van der Waals surface area contributed by atoms with E-state index in [1.807, 2.05) is 66.9 Å². The standard InChI is InChI=1S/C25H25N5O2/c1-15-19(16(2)30-25(27-15)20-9-5-6-10-21(20)28-30)11-12-23(31)29-14-18-8-4-3-7-17(18)13-22(29)24(26)32/h3-10,22H,11-14H2,1-2H3,(H2,26,32). The first-order valence-corrected chi connectivity index (χ1v) is 10.8. The van der Waals surface area contributed by atoms with Crippen LogP contribution in [-0.4, -0.2) is 37.4 Å². The molecule has 7 heteroatoms. The average Bonchev–Trinajstić information content (AvgIpc) is 3.16. The molecule has 0 saturated heterocycles. The van der Waals surface area contributed by atoms with Gasteiger partial charge in [-0.3, -0.25) is 9.59 Å². The Morgan fingerprint density at radius 2 is 1.78 bits per heavy atom. The van der Waals surface area contributed by atoms with Gasteiger partial charge in [-0.1, -0.05) is 36.4 Å². The van der Waals surface area contributed by atoms with Crippen LogP contribution in [0.1, 0.15) is 34.5 Å². The molecule has 0 bridgehead atoms. The Morgan fingerprint density at radius 1 is 1.06 bits per heavy atom. The van der Waals surface area contributed by atoms with Crippen molar-refractivity contribution in [3.8, 4) is 0 Å². The van der Waals surface area contributed by atoms with Crippen LogP contribution in [0.15, 0.2) is 48.5 Å². The summed E-state index contributed by atoms with van der Waals surface area (Å²) in [5.74, 6) is -0.542. The zero-order chi connectivity index (χ0) is 22.4. The molecular formula is C25H25N5O2. The highest BCUT2D eigenvalue weighted by atomic mass is 16.2. The normalized spacial score (nSPS) is 15.8. The second-order valence-electron chi connectivity index (χ2n) is 8.43. The van der Waals surface area contributed by atoms with Crippen molar-refractivity contribution in [1.29, 1.82) is 0 Å². The lowest BCUT2D eigenvalue weighted by atomic mass is 9.93. The van der Waals surface area contributed by atoms with E-state index in [0.717, 1.165) is 44.6 Å². The monoisotopic (exact) mass is 427 g/mol. The zero-order valence-corrected chi connectivity index (χ0v) is 18.2. The summed E-state index contributed by atoms with van der Waals surface area (Å²) < 4.78 is 1.86. The van der Waals surface area contributed by atoms with E-state index in [1.54, 1.807) is 4.90 Å². The van der Waals surface area contributed by atoms with E-state index >= 15 is 0 Å². The molecule has 2 amide bonds. The minimum Gasteiger partial charge on any atom is -0.368 e. The van der Waals surface area contributed by atoms with Crippen LogP contribution in [0, 0.1) is 13.8 Å². The molecule has 2 N–H and O–H groups in total. The number of nitrogens with two attached hydrogens (primary N) is 1. The van der Waals surface area contributed by atoms with Gasteiger partial charge in [0.2, 0.25) is 11.8 Å². The van der Waals surface area contributed by atoms with Gasteiger partial charge in [0.25, 0.3) is 0 Å². The maximum absolute atomic E-state index is 13.2. The molecule has 0 spiro atoms. The van der Waals surface area contributed by atoms with Crippen molar-refractivity contribution in [3.63, 3.8) is 0 Å². The molecule has 0 fully saturated rings. The van der Waals surface area contributed by atoms with Crippen LogP contribution in [0.2, 0.25) is 0 Å². The number of aryl methyl sites for hydroxylation is 2. The molecular weight excluding hydrogens is 402 g/mol. The van der Waals surface area contributed by atoms with E-state index in [0.29, 0.717) is 19.4 Å². The minimum absolute atomic E-state index is 0.0761. The van der Waals surface area contributed by atoms with Crippen LogP contribution in [0.25, 0.3) is 16.6 Å². The van der Waals surface area contributed by atoms with Gasteiger partial charge >= 0.3 is 0 Å². The molecule has 0 aliphatic carbocycles. The Bertz CT molecular complexity index is 1370. The smallest absolute Gasteiger partial charge is 0.240 e. The molecule has 0 radical (unpaired) electrons. The van der Waals surface area contributed by atoms with E-state index in [9.17, 15) is 9.59 Å². The van der Waals surface area contributed by atoms with Gasteiger partial charge in [0.05, 0.1) is 5.52 Å². The first-order valence-electron chi connectivity index (χ1n) is 10.8. The lowest BCUT2D eigenvalue weighted by Crippen LogP contribution is -2.51. The van der Waals surface area contributed by atoms with Crippen LogP contribution >= 0.6 is 0 Å². The van der Waals surface area contributed by atoms with Crippen molar-refractivity contribution >= 4 is 28.4 Å². The van der Waals surface area contributed by atoms with Crippen LogP contribution in [0.3, 0.4) is 0 Å². The van der Waals surface area contributed by atoms with Crippen molar-refractivity contribution in [1.82, 2.24) is 19.5 Å². The molecule has 0 saturated carbocycles. The topological polar surface area (TPSA) is 93.6 Å². The molecule has 3 heterocycles. The number of rotatable bonds is 4. The van der Waals surface area contributed by atoms with E-state index in [4.69, 9.17) is 15.8 Å². The van der Waals surface area contributed by atoms with Gasteiger partial charge in [-0.2, -0.15) is 5.10 Å². The number of aromatic nitrogens is 3. The fourth-order valence-electron chi connectivity index (χ4n) is 4.75. The third-order valence-corrected chi connectivity index (χ3v) is 6.50. The summed E-state index contributed by atoms with van der Waals surface area (Å²) >= 11 is 0. The lowest BCUT2D eigenvalue weighted by Gasteiger charge is -2.35. The average molecular weight is 428 g/mol. The molecule has 1 unspecified atom stereocenters. The fourth-order valence-corrected chi connectivity index (χ4v) is 4.75. The van der Waals surface area contributed by atoms with E-state index in [-0.39, 0.29) is 12.3 Å². The number of carbonyl (C=O) groups excluding carboxylic acids is 2. The predicted molar refractivity (Wildman–Crippen MR) is 122 cm³/mol. The summed E-state index contributed by atoms with van der Waals surface area (Å²) in [5, 5.41) is 5.70. The third kappa shape index (κ3) is 3.30. The Labute approximate surface area is 185 Å². The third-order valence-electron chi connectivity index (χ3n) is 6.50. The first kappa shape index (κ1) is 20.2. The maximum Gasteiger partial charge on any atom is 0.240 e. The highest BCUT2D eigenvalue weighted by Crippen LogP contribution is 2.26. The summed E-state index contributed by atoms with van der Waals surface area (Å²) in [6, 6.07) is 15.2. The van der Waals surface area contributed by atoms with Crippen LogP contribution < -0.4 is 5.73 Å². The number of carbonyl (C=O) groups is 2. The summed E-state index contributed by atoms with van der Waals surface area (Å²) in [5.41, 5.74) is 12.4. The van der Waals surface area contributed by atoms with E-state index in [2.05, 4.69) is 0 Å². The van der Waals surface area contributed by atoms with Gasteiger partial charge in [0, 0.05) is 36.2 Å². The van der Waals surface area contributed by atoms with Gasteiger partial charge in [-0.05, 0) is 49.1 Å². The molecule has 2 aromatic carbocycles. The van der Waals surface area contributed by atoms with Gasteiger partial charge in [0.15, 0.2) is 5.65 Å². The highest BCUT2D eigenvalue weighted by molar-refractivity contribution is 5.92. The van der Waals surface area contributed by atoms with Crippen LogP contribution in [0.5, 0.6) is 0 Å². The Balaban J connectivity index is 1.42. The maximum atomic E-state index is 13.2. The summed E-state index contributed by atoms with van der Waals surface area (Å²) in [6.45, 7) is 4.39. The lowest BCUT2D eigenvalue weighted by molar-refractivity contribution is -0.140. The number of nitrogens with zero attached hydrogens (tertiary/aromatic N) is 4. The summed E-state index contributed by atoms with van der Waals surface area (Å²) in [6.07, 6.45) is 1.27. The molecule has 1 atom stereocenters. The molecule has 4 aromatic rings. The number of hydrogen-bond acceptors (Lipinski definition) is 4. The van der Waals surface area contributed by atoms with Crippen LogP contribution in [0.4, 0.5) is 0 Å². The van der Waals surface area contributed by atoms with Crippen molar-refractivity contribution in [2.75, 3.05) is 0 Å². The number of hydrogen-bond donors (Lipinski definition) is 1. The molecule has 5 rings (SSSR count). The number of primary amides is 1. The van der Waals surface area contributed by atoms with Crippen molar-refractivity contribution in [3.05, 3.63) is 76.6 Å². The van der Waals surface area contributed by atoms with Crippen LogP contribution in [-0.2, 0) is 29.0 Å². The van der Waals surface area contributed by atoms with Crippen molar-refractivity contribution in [2.24, 2.45) is 5.73 Å². The fraction of sp³-hybridized carbons (Fsp3) is 0.280. The second kappa shape index (κ2) is 7.75. The van der Waals surface area contributed by atoms with Gasteiger partial charge in [-0.15, -0.1) is 0 Å². The largest absolute Gasteiger partial charge is 0.368 e.